The van der Waals surface area contributed by atoms with Crippen molar-refractivity contribution in [3.8, 4) is 0 Å². The smallest absolute Gasteiger partial charge is 0.255 e. The van der Waals surface area contributed by atoms with Crippen LogP contribution in [0.4, 0.5) is 20.2 Å². The van der Waals surface area contributed by atoms with Gasteiger partial charge in [0.05, 0.1) is 5.69 Å². The predicted octanol–water partition coefficient (Wildman–Crippen LogP) is 5.77. The molecule has 3 nitrogen and oxygen atoms in total. The quantitative estimate of drug-likeness (QED) is 0.564. The molecule has 0 spiro atoms. The number of carbonyl (C=O) groups excluding carboxylic acids is 1. The molecule has 1 heterocycles. The van der Waals surface area contributed by atoms with Crippen molar-refractivity contribution >= 4 is 40.5 Å². The van der Waals surface area contributed by atoms with E-state index in [4.69, 9.17) is 23.2 Å². The number of anilines is 2. The van der Waals surface area contributed by atoms with Gasteiger partial charge in [-0.3, -0.25) is 4.79 Å². The molecule has 0 radical (unpaired) electrons. The van der Waals surface area contributed by atoms with Gasteiger partial charge in [-0.05, 0) is 42.0 Å². The molecule has 1 amide bonds. The van der Waals surface area contributed by atoms with Gasteiger partial charge in [0.25, 0.3) is 5.91 Å². The van der Waals surface area contributed by atoms with Crippen LogP contribution in [0, 0.1) is 11.6 Å². The van der Waals surface area contributed by atoms with Gasteiger partial charge >= 0.3 is 0 Å². The minimum Gasteiger partial charge on any atom is -0.365 e. The van der Waals surface area contributed by atoms with E-state index in [1.165, 1.54) is 12.1 Å². The number of hydrogen-bond acceptors (Lipinski definition) is 2. The topological polar surface area (TPSA) is 41.1 Å². The molecule has 0 fully saturated rings. The summed E-state index contributed by atoms with van der Waals surface area (Å²) in [5.41, 5.74) is 0.392. The summed E-state index contributed by atoms with van der Waals surface area (Å²) in [6, 6.07) is 15.8. The monoisotopic (exact) mass is 418 g/mol. The van der Waals surface area contributed by atoms with Crippen molar-refractivity contribution < 1.29 is 13.6 Å². The first-order chi connectivity index (χ1) is 13.4. The zero-order valence-corrected chi connectivity index (χ0v) is 15.9. The molecule has 0 aromatic heterocycles. The van der Waals surface area contributed by atoms with Crippen LogP contribution in [0.15, 0.2) is 60.7 Å². The fourth-order valence-corrected chi connectivity index (χ4v) is 3.86. The van der Waals surface area contributed by atoms with Crippen molar-refractivity contribution in [2.75, 3.05) is 10.6 Å². The highest BCUT2D eigenvalue weighted by Crippen LogP contribution is 2.42. The molecule has 0 bridgehead atoms. The Morgan fingerprint density at radius 1 is 0.964 bits per heavy atom. The summed E-state index contributed by atoms with van der Waals surface area (Å²) in [6.45, 7) is 0. The van der Waals surface area contributed by atoms with Gasteiger partial charge in [0, 0.05) is 27.7 Å². The zero-order valence-electron chi connectivity index (χ0n) is 14.4. The minimum atomic E-state index is -1.36. The van der Waals surface area contributed by atoms with Crippen LogP contribution in [0.2, 0.25) is 10.0 Å². The molecular weight excluding hydrogens is 405 g/mol. The molecule has 142 valence electrons. The molecule has 1 aliphatic rings. The van der Waals surface area contributed by atoms with Crippen LogP contribution in [0.5, 0.6) is 0 Å². The number of amides is 1. The van der Waals surface area contributed by atoms with Crippen molar-refractivity contribution in [1.29, 1.82) is 0 Å². The second-order valence-corrected chi connectivity index (χ2v) is 7.46. The lowest BCUT2D eigenvalue weighted by molar-refractivity contribution is -0.119. The van der Waals surface area contributed by atoms with Gasteiger partial charge in [0.1, 0.15) is 5.54 Å². The second kappa shape index (κ2) is 7.08. The lowest BCUT2D eigenvalue weighted by Gasteiger charge is -2.30. The third-order valence-corrected chi connectivity index (χ3v) is 5.21. The zero-order chi connectivity index (χ0) is 19.9. The first kappa shape index (κ1) is 18.7. The Morgan fingerprint density at radius 3 is 2.50 bits per heavy atom. The number of fused-ring (bicyclic) bond motifs is 1. The lowest BCUT2D eigenvalue weighted by atomic mass is 9.84. The summed E-state index contributed by atoms with van der Waals surface area (Å²) in [4.78, 5) is 13.1. The van der Waals surface area contributed by atoms with E-state index in [1.54, 1.807) is 36.4 Å². The van der Waals surface area contributed by atoms with E-state index in [-0.39, 0.29) is 12.1 Å². The molecular formula is C21H14Cl2F2N2O. The maximum atomic E-state index is 14.4. The molecule has 0 saturated carbocycles. The molecule has 1 unspecified atom stereocenters. The fraction of sp³-hybridized carbons (Fsp3) is 0.0952. The Morgan fingerprint density at radius 2 is 1.71 bits per heavy atom. The highest BCUT2D eigenvalue weighted by atomic mass is 35.5. The van der Waals surface area contributed by atoms with Gasteiger partial charge < -0.3 is 10.6 Å². The summed E-state index contributed by atoms with van der Waals surface area (Å²) in [6.07, 6.45) is 0.171. The first-order valence-electron chi connectivity index (χ1n) is 8.47. The lowest BCUT2D eigenvalue weighted by Crippen LogP contribution is -2.44. The van der Waals surface area contributed by atoms with Gasteiger partial charge in [-0.1, -0.05) is 47.5 Å². The standard InChI is InChI=1S/C21H14Cl2F2N2O/c22-13-4-1-3-12(9-13)11-21(27-17-6-2-5-16(24)19(17)25)15-8-7-14(23)10-18(15)26-20(21)28/h1-10,27H,11H2,(H,26,28). The van der Waals surface area contributed by atoms with Gasteiger partial charge in [-0.25, -0.2) is 8.78 Å². The van der Waals surface area contributed by atoms with E-state index in [9.17, 15) is 13.6 Å². The van der Waals surface area contributed by atoms with Crippen LogP contribution in [-0.4, -0.2) is 5.91 Å². The van der Waals surface area contributed by atoms with E-state index in [0.29, 0.717) is 21.3 Å². The molecule has 4 rings (SSSR count). The van der Waals surface area contributed by atoms with Crippen molar-refractivity contribution in [2.24, 2.45) is 0 Å². The number of halogens is 4. The second-order valence-electron chi connectivity index (χ2n) is 6.58. The number of hydrogen-bond donors (Lipinski definition) is 2. The molecule has 1 aliphatic heterocycles. The van der Waals surface area contributed by atoms with Crippen LogP contribution >= 0.6 is 23.2 Å². The van der Waals surface area contributed by atoms with E-state index >= 15 is 0 Å². The minimum absolute atomic E-state index is 0.111. The van der Waals surface area contributed by atoms with Crippen LogP contribution in [0.25, 0.3) is 0 Å². The molecule has 0 aliphatic carbocycles. The average Bonchev–Trinajstić information content (AvgIpc) is 2.90. The van der Waals surface area contributed by atoms with Crippen LogP contribution in [0.1, 0.15) is 11.1 Å². The molecule has 28 heavy (non-hydrogen) atoms. The van der Waals surface area contributed by atoms with E-state index in [0.717, 1.165) is 11.6 Å². The summed E-state index contributed by atoms with van der Waals surface area (Å²) in [5, 5.41) is 6.69. The number of nitrogens with one attached hydrogen (secondary N) is 2. The molecule has 3 aromatic carbocycles. The average molecular weight is 419 g/mol. The third kappa shape index (κ3) is 3.21. The number of rotatable bonds is 4. The van der Waals surface area contributed by atoms with Crippen LogP contribution in [0.3, 0.4) is 0 Å². The largest absolute Gasteiger partial charge is 0.365 e. The molecule has 0 saturated heterocycles. The maximum Gasteiger partial charge on any atom is 0.255 e. The third-order valence-electron chi connectivity index (χ3n) is 4.74. The highest BCUT2D eigenvalue weighted by molar-refractivity contribution is 6.31. The van der Waals surface area contributed by atoms with E-state index in [2.05, 4.69) is 10.6 Å². The van der Waals surface area contributed by atoms with E-state index in [1.807, 2.05) is 6.07 Å². The fourth-order valence-electron chi connectivity index (χ4n) is 3.47. The summed E-state index contributed by atoms with van der Waals surface area (Å²) >= 11 is 12.1. The summed E-state index contributed by atoms with van der Waals surface area (Å²) < 4.78 is 28.1. The van der Waals surface area contributed by atoms with Crippen LogP contribution in [-0.2, 0) is 16.8 Å². The van der Waals surface area contributed by atoms with Crippen molar-refractivity contribution in [2.45, 2.75) is 12.0 Å². The Hall–Kier alpha value is -2.63. The molecule has 2 N–H and O–H groups in total. The highest BCUT2D eigenvalue weighted by Gasteiger charge is 2.47. The predicted molar refractivity (Wildman–Crippen MR) is 107 cm³/mol. The number of carbonyl (C=O) groups is 1. The van der Waals surface area contributed by atoms with Crippen molar-refractivity contribution in [3.63, 3.8) is 0 Å². The molecule has 7 heteroatoms. The summed E-state index contributed by atoms with van der Waals surface area (Å²) in [7, 11) is 0. The Bertz CT molecular complexity index is 1090. The van der Waals surface area contributed by atoms with Gasteiger partial charge in [-0.2, -0.15) is 0 Å². The Labute approximate surface area is 170 Å². The van der Waals surface area contributed by atoms with Crippen LogP contribution < -0.4 is 10.6 Å². The van der Waals surface area contributed by atoms with Crippen molar-refractivity contribution in [1.82, 2.24) is 0 Å². The van der Waals surface area contributed by atoms with Gasteiger partial charge in [0.15, 0.2) is 11.6 Å². The number of benzene rings is 3. The Kier molecular flexibility index (Phi) is 4.73. The normalized spacial score (nSPS) is 17.9. The molecule has 3 aromatic rings. The maximum absolute atomic E-state index is 14.4. The van der Waals surface area contributed by atoms with Crippen molar-refractivity contribution in [3.05, 3.63) is 93.5 Å². The first-order valence-corrected chi connectivity index (χ1v) is 9.23. The molecule has 1 atom stereocenters. The van der Waals surface area contributed by atoms with Gasteiger partial charge in [0.2, 0.25) is 0 Å². The van der Waals surface area contributed by atoms with E-state index < -0.39 is 23.1 Å². The Balaban J connectivity index is 1.87. The SMILES string of the molecule is O=C1Nc2cc(Cl)ccc2C1(Cc1cccc(Cl)c1)Nc1cccc(F)c1F. The van der Waals surface area contributed by atoms with Gasteiger partial charge in [-0.15, -0.1) is 0 Å². The summed E-state index contributed by atoms with van der Waals surface area (Å²) in [5.74, 6) is -2.45.